The van der Waals surface area contributed by atoms with E-state index >= 15 is 0 Å². The van der Waals surface area contributed by atoms with Gasteiger partial charge in [-0.25, -0.2) is 9.97 Å². The van der Waals surface area contributed by atoms with E-state index in [-0.39, 0.29) is 0 Å². The predicted molar refractivity (Wildman–Crippen MR) is 199 cm³/mol. The summed E-state index contributed by atoms with van der Waals surface area (Å²) < 4.78 is 5.33. The molecule has 2 saturated heterocycles. The quantitative estimate of drug-likeness (QED) is 0.180. The lowest BCUT2D eigenvalue weighted by Crippen LogP contribution is -2.30. The van der Waals surface area contributed by atoms with Crippen molar-refractivity contribution in [2.75, 3.05) is 43.1 Å². The molecule has 0 spiro atoms. The molecule has 0 bridgehead atoms. The summed E-state index contributed by atoms with van der Waals surface area (Å²) in [5.74, 6) is 2.81. The van der Waals surface area contributed by atoms with Gasteiger partial charge >= 0.3 is 0 Å². The second-order valence-electron chi connectivity index (χ2n) is 12.3. The van der Waals surface area contributed by atoms with Gasteiger partial charge in [-0.15, -0.1) is 0 Å². The summed E-state index contributed by atoms with van der Waals surface area (Å²) in [4.78, 5) is 23.5. The molecule has 0 amide bonds. The molecule has 2 fully saturated rings. The summed E-state index contributed by atoms with van der Waals surface area (Å²) in [6.45, 7) is 4.28. The van der Waals surface area contributed by atoms with Crippen molar-refractivity contribution in [3.63, 3.8) is 0 Å². The molecule has 7 nitrogen and oxygen atoms in total. The molecule has 244 valence electrons. The van der Waals surface area contributed by atoms with Gasteiger partial charge in [0.25, 0.3) is 0 Å². The molecule has 4 heterocycles. The summed E-state index contributed by atoms with van der Waals surface area (Å²) in [6, 6.07) is 25.9. The molecular formula is C39H38Cl2N6O. The molecule has 6 aromatic rings. The fourth-order valence-corrected chi connectivity index (χ4v) is 6.95. The maximum absolute atomic E-state index is 6.34. The zero-order chi connectivity index (χ0) is 32.9. The van der Waals surface area contributed by atoms with Gasteiger partial charge < -0.3 is 14.5 Å². The normalized spacial score (nSPS) is 14.9. The molecular weight excluding hydrogens is 639 g/mol. The highest BCUT2D eigenvalue weighted by molar-refractivity contribution is 6.36. The summed E-state index contributed by atoms with van der Waals surface area (Å²) in [5, 5.41) is 1.28. The first-order valence-corrected chi connectivity index (χ1v) is 17.4. The maximum atomic E-state index is 6.34. The van der Waals surface area contributed by atoms with Gasteiger partial charge in [-0.2, -0.15) is 0 Å². The molecule has 0 saturated carbocycles. The van der Waals surface area contributed by atoms with Crippen molar-refractivity contribution >= 4 is 56.9 Å². The van der Waals surface area contributed by atoms with E-state index in [1.54, 1.807) is 13.2 Å². The van der Waals surface area contributed by atoms with Gasteiger partial charge in [0.15, 0.2) is 0 Å². The fraction of sp³-hybridized carbons (Fsp3) is 0.282. The summed E-state index contributed by atoms with van der Waals surface area (Å²) in [5.41, 5.74) is 7.89. The van der Waals surface area contributed by atoms with Gasteiger partial charge in [-0.1, -0.05) is 53.5 Å². The van der Waals surface area contributed by atoms with Crippen molar-refractivity contribution in [3.8, 4) is 28.0 Å². The Morgan fingerprint density at radius 1 is 0.562 bits per heavy atom. The molecule has 9 heteroatoms. The highest BCUT2D eigenvalue weighted by Gasteiger charge is 2.15. The molecule has 0 atom stereocenters. The van der Waals surface area contributed by atoms with E-state index in [4.69, 9.17) is 37.9 Å². The topological polar surface area (TPSA) is 67.3 Å². The summed E-state index contributed by atoms with van der Waals surface area (Å²) >= 11 is 12.3. The van der Waals surface area contributed by atoms with E-state index in [0.29, 0.717) is 10.0 Å². The average molecular weight is 678 g/mol. The Morgan fingerprint density at radius 3 is 1.71 bits per heavy atom. The number of rotatable bonds is 5. The molecule has 48 heavy (non-hydrogen) atoms. The summed E-state index contributed by atoms with van der Waals surface area (Å²) in [7, 11) is 1.69. The van der Waals surface area contributed by atoms with Crippen LogP contribution in [0.15, 0.2) is 91.3 Å². The molecule has 4 aromatic carbocycles. The molecule has 0 radical (unpaired) electrons. The number of aromatic nitrogens is 4. The second kappa shape index (κ2) is 14.8. The highest BCUT2D eigenvalue weighted by atomic mass is 35.5. The standard InChI is InChI=1S/C20H21N3O.C19H17Cl2N3/c1-24-17-7-5-6-15(12-17)16-8-9-18-19(13-16)22-20(14-21-18)23-10-3-2-4-11-23;20-14-5-6-15(16(21)11-14)13-4-7-17-18(10-13)23-19(12-22-17)24-8-2-1-3-9-24/h5-9,12-14H,2-4,10-11H2,1H3;4-7,10-12H,1-3,8-9H2. The number of benzene rings is 4. The molecule has 0 N–H and O–H groups in total. The Hall–Kier alpha value is -4.46. The molecule has 8 rings (SSSR count). The van der Waals surface area contributed by atoms with Crippen LogP contribution >= 0.6 is 23.2 Å². The smallest absolute Gasteiger partial charge is 0.147 e. The van der Waals surface area contributed by atoms with Crippen LogP contribution in [-0.4, -0.2) is 53.2 Å². The first-order valence-electron chi connectivity index (χ1n) is 16.7. The number of halogens is 2. The number of nitrogens with zero attached hydrogens (tertiary/aromatic N) is 6. The van der Waals surface area contributed by atoms with E-state index in [1.165, 1.54) is 38.5 Å². The van der Waals surface area contributed by atoms with E-state index in [9.17, 15) is 0 Å². The predicted octanol–water partition coefficient (Wildman–Crippen LogP) is 9.89. The number of anilines is 2. The third kappa shape index (κ3) is 7.33. The molecule has 0 aliphatic carbocycles. The van der Waals surface area contributed by atoms with Gasteiger partial charge in [-0.3, -0.25) is 9.97 Å². The van der Waals surface area contributed by atoms with Crippen LogP contribution in [-0.2, 0) is 0 Å². The lowest BCUT2D eigenvalue weighted by Gasteiger charge is -2.27. The van der Waals surface area contributed by atoms with Crippen molar-refractivity contribution < 1.29 is 4.74 Å². The number of methoxy groups -OCH3 is 1. The van der Waals surface area contributed by atoms with Gasteiger partial charge in [0.1, 0.15) is 17.4 Å². The number of fused-ring (bicyclic) bond motifs is 2. The van der Waals surface area contributed by atoms with Crippen LogP contribution in [0.4, 0.5) is 11.6 Å². The summed E-state index contributed by atoms with van der Waals surface area (Å²) in [6.07, 6.45) is 11.3. The van der Waals surface area contributed by atoms with Crippen LogP contribution in [0, 0.1) is 0 Å². The van der Waals surface area contributed by atoms with Gasteiger partial charge in [0.2, 0.25) is 0 Å². The van der Waals surface area contributed by atoms with Crippen molar-refractivity contribution in [1.82, 2.24) is 19.9 Å². The van der Waals surface area contributed by atoms with Crippen LogP contribution in [0.5, 0.6) is 5.75 Å². The minimum absolute atomic E-state index is 0.636. The average Bonchev–Trinajstić information content (AvgIpc) is 3.15. The van der Waals surface area contributed by atoms with Crippen molar-refractivity contribution in [2.45, 2.75) is 38.5 Å². The molecule has 2 aliphatic rings. The Morgan fingerprint density at radius 2 is 1.12 bits per heavy atom. The third-order valence-corrected chi connectivity index (χ3v) is 9.61. The lowest BCUT2D eigenvalue weighted by molar-refractivity contribution is 0.415. The maximum Gasteiger partial charge on any atom is 0.147 e. The number of ether oxygens (including phenoxy) is 1. The Bertz CT molecular complexity index is 2040. The van der Waals surface area contributed by atoms with E-state index in [0.717, 1.165) is 87.9 Å². The van der Waals surface area contributed by atoms with Crippen LogP contribution in [0.2, 0.25) is 10.0 Å². The monoisotopic (exact) mass is 676 g/mol. The highest BCUT2D eigenvalue weighted by Crippen LogP contribution is 2.32. The first-order chi connectivity index (χ1) is 23.5. The Balaban J connectivity index is 0.000000152. The SMILES string of the molecule is COc1cccc(-c2ccc3ncc(N4CCCCC4)nc3c2)c1.Clc1ccc(-c2ccc3ncc(N4CCCCC4)nc3c2)c(Cl)c1. The van der Waals surface area contributed by atoms with Crippen LogP contribution in [0.25, 0.3) is 44.3 Å². The zero-order valence-electron chi connectivity index (χ0n) is 27.1. The lowest BCUT2D eigenvalue weighted by atomic mass is 10.0. The van der Waals surface area contributed by atoms with Crippen LogP contribution in [0.3, 0.4) is 0 Å². The van der Waals surface area contributed by atoms with Crippen LogP contribution < -0.4 is 14.5 Å². The van der Waals surface area contributed by atoms with Gasteiger partial charge in [0, 0.05) is 41.8 Å². The minimum atomic E-state index is 0.636. The Kier molecular flexibility index (Phi) is 9.87. The van der Waals surface area contributed by atoms with E-state index in [1.807, 2.05) is 67.0 Å². The zero-order valence-corrected chi connectivity index (χ0v) is 28.6. The number of hydrogen-bond donors (Lipinski definition) is 0. The van der Waals surface area contributed by atoms with Crippen molar-refractivity contribution in [2.24, 2.45) is 0 Å². The number of hydrogen-bond acceptors (Lipinski definition) is 7. The second-order valence-corrected chi connectivity index (χ2v) is 13.2. The van der Waals surface area contributed by atoms with Crippen molar-refractivity contribution in [3.05, 3.63) is 101 Å². The van der Waals surface area contributed by atoms with E-state index < -0.39 is 0 Å². The first kappa shape index (κ1) is 32.1. The van der Waals surface area contributed by atoms with Crippen LogP contribution in [0.1, 0.15) is 38.5 Å². The third-order valence-electron chi connectivity index (χ3n) is 9.06. The molecule has 2 aliphatic heterocycles. The van der Waals surface area contributed by atoms with E-state index in [2.05, 4.69) is 38.0 Å². The minimum Gasteiger partial charge on any atom is -0.497 e. The molecule has 2 aromatic heterocycles. The van der Waals surface area contributed by atoms with Crippen molar-refractivity contribution in [1.29, 1.82) is 0 Å². The Labute approximate surface area is 291 Å². The molecule has 0 unspecified atom stereocenters. The van der Waals surface area contributed by atoms with Gasteiger partial charge in [-0.05, 0) is 104 Å². The fourth-order valence-electron chi connectivity index (χ4n) is 6.43. The number of piperidine rings is 2. The van der Waals surface area contributed by atoms with Gasteiger partial charge in [0.05, 0.1) is 41.6 Å². The largest absolute Gasteiger partial charge is 0.497 e.